The highest BCUT2D eigenvalue weighted by molar-refractivity contribution is 7.13. The van der Waals surface area contributed by atoms with Crippen molar-refractivity contribution in [3.63, 3.8) is 0 Å². The largest absolute Gasteiger partial charge is 0.327 e. The molecule has 7 heteroatoms. The average Bonchev–Trinajstić information content (AvgIpc) is 3.17. The highest BCUT2D eigenvalue weighted by atomic mass is 32.1. The van der Waals surface area contributed by atoms with Gasteiger partial charge in [0.25, 0.3) is 5.91 Å². The van der Waals surface area contributed by atoms with Gasteiger partial charge in [-0.2, -0.15) is 0 Å². The van der Waals surface area contributed by atoms with Crippen LogP contribution in [0.3, 0.4) is 0 Å². The number of nitrogens with zero attached hydrogens (tertiary/aromatic N) is 2. The van der Waals surface area contributed by atoms with Crippen LogP contribution in [0, 0.1) is 5.82 Å². The normalized spacial score (nSPS) is 17.5. The molecule has 2 amide bonds. The first-order chi connectivity index (χ1) is 10.6. The number of halogens is 1. The predicted octanol–water partition coefficient (Wildman–Crippen LogP) is 2.53. The molecule has 3 rings (SSSR count). The molecule has 1 atom stereocenters. The SMILES string of the molecule is O=C(Nc1nccs1)C1CCCN1C(=O)c1cccc(F)c1. The third-order valence-corrected chi connectivity index (χ3v) is 4.24. The van der Waals surface area contributed by atoms with Gasteiger partial charge in [0, 0.05) is 23.7 Å². The number of hydrogen-bond donors (Lipinski definition) is 1. The first-order valence-corrected chi connectivity index (χ1v) is 7.80. The molecule has 1 N–H and O–H groups in total. The highest BCUT2D eigenvalue weighted by Crippen LogP contribution is 2.22. The number of carbonyl (C=O) groups is 2. The first-order valence-electron chi connectivity index (χ1n) is 6.92. The minimum Gasteiger partial charge on any atom is -0.327 e. The van der Waals surface area contributed by atoms with Gasteiger partial charge in [-0.1, -0.05) is 6.07 Å². The maximum absolute atomic E-state index is 13.3. The topological polar surface area (TPSA) is 62.3 Å². The van der Waals surface area contributed by atoms with Gasteiger partial charge in [-0.05, 0) is 31.0 Å². The maximum Gasteiger partial charge on any atom is 0.254 e. The Kier molecular flexibility index (Phi) is 4.15. The van der Waals surface area contributed by atoms with Gasteiger partial charge in [0.2, 0.25) is 5.91 Å². The van der Waals surface area contributed by atoms with E-state index in [2.05, 4.69) is 10.3 Å². The molecule has 1 fully saturated rings. The van der Waals surface area contributed by atoms with Gasteiger partial charge >= 0.3 is 0 Å². The summed E-state index contributed by atoms with van der Waals surface area (Å²) >= 11 is 1.32. The summed E-state index contributed by atoms with van der Waals surface area (Å²) in [7, 11) is 0. The van der Waals surface area contributed by atoms with E-state index >= 15 is 0 Å². The van der Waals surface area contributed by atoms with Gasteiger partial charge in [-0.25, -0.2) is 9.37 Å². The predicted molar refractivity (Wildman–Crippen MR) is 81.2 cm³/mol. The van der Waals surface area contributed by atoms with Gasteiger partial charge in [0.1, 0.15) is 11.9 Å². The monoisotopic (exact) mass is 319 g/mol. The fraction of sp³-hybridized carbons (Fsp3) is 0.267. The summed E-state index contributed by atoms with van der Waals surface area (Å²) < 4.78 is 13.3. The minimum atomic E-state index is -0.542. The summed E-state index contributed by atoms with van der Waals surface area (Å²) in [5.41, 5.74) is 0.258. The van der Waals surface area contributed by atoms with Crippen LogP contribution in [-0.4, -0.2) is 34.3 Å². The molecule has 1 saturated heterocycles. The number of amides is 2. The van der Waals surface area contributed by atoms with E-state index in [1.165, 1.54) is 34.4 Å². The van der Waals surface area contributed by atoms with Crippen LogP contribution in [0.4, 0.5) is 9.52 Å². The number of nitrogens with one attached hydrogen (secondary N) is 1. The Morgan fingerprint density at radius 1 is 1.41 bits per heavy atom. The average molecular weight is 319 g/mol. The van der Waals surface area contributed by atoms with Crippen molar-refractivity contribution in [1.29, 1.82) is 0 Å². The fourth-order valence-electron chi connectivity index (χ4n) is 2.54. The molecule has 2 heterocycles. The smallest absolute Gasteiger partial charge is 0.254 e. The van der Waals surface area contributed by atoms with Gasteiger partial charge in [-0.15, -0.1) is 11.3 Å². The maximum atomic E-state index is 13.3. The zero-order valence-corrected chi connectivity index (χ0v) is 12.5. The molecule has 0 radical (unpaired) electrons. The molecule has 1 aliphatic rings. The zero-order valence-electron chi connectivity index (χ0n) is 11.7. The summed E-state index contributed by atoms with van der Waals surface area (Å²) in [5, 5.41) is 4.99. The summed E-state index contributed by atoms with van der Waals surface area (Å²) in [6.45, 7) is 0.491. The molecule has 1 unspecified atom stereocenters. The lowest BCUT2D eigenvalue weighted by molar-refractivity contribution is -0.119. The Bertz CT molecular complexity index is 690. The van der Waals surface area contributed by atoms with Crippen LogP contribution < -0.4 is 5.32 Å². The van der Waals surface area contributed by atoms with E-state index in [4.69, 9.17) is 0 Å². The van der Waals surface area contributed by atoms with Gasteiger partial charge in [0.15, 0.2) is 5.13 Å². The van der Waals surface area contributed by atoms with Gasteiger partial charge < -0.3 is 10.2 Å². The number of anilines is 1. The molecular formula is C15H14FN3O2S. The van der Waals surface area contributed by atoms with E-state index in [0.717, 1.165) is 6.42 Å². The molecule has 0 aliphatic carbocycles. The summed E-state index contributed by atoms with van der Waals surface area (Å²) in [4.78, 5) is 30.3. The number of rotatable bonds is 3. The van der Waals surface area contributed by atoms with Crippen molar-refractivity contribution in [2.75, 3.05) is 11.9 Å². The van der Waals surface area contributed by atoms with Crippen molar-refractivity contribution >= 4 is 28.3 Å². The number of carbonyl (C=O) groups excluding carboxylic acids is 2. The van der Waals surface area contributed by atoms with E-state index in [0.29, 0.717) is 18.1 Å². The van der Waals surface area contributed by atoms with Crippen molar-refractivity contribution < 1.29 is 14.0 Å². The molecule has 0 bridgehead atoms. The molecule has 0 saturated carbocycles. The Balaban J connectivity index is 1.75. The minimum absolute atomic E-state index is 0.253. The third kappa shape index (κ3) is 2.99. The van der Waals surface area contributed by atoms with E-state index < -0.39 is 11.9 Å². The fourth-order valence-corrected chi connectivity index (χ4v) is 3.08. The first kappa shape index (κ1) is 14.6. The van der Waals surface area contributed by atoms with Crippen molar-refractivity contribution in [1.82, 2.24) is 9.88 Å². The summed E-state index contributed by atoms with van der Waals surface area (Å²) in [6, 6.07) is 4.98. The van der Waals surface area contributed by atoms with Crippen LogP contribution in [0.15, 0.2) is 35.8 Å². The van der Waals surface area contributed by atoms with Crippen LogP contribution in [0.5, 0.6) is 0 Å². The quantitative estimate of drug-likeness (QED) is 0.945. The second kappa shape index (κ2) is 6.23. The number of benzene rings is 1. The summed E-state index contributed by atoms with van der Waals surface area (Å²) in [6.07, 6.45) is 2.94. The zero-order chi connectivity index (χ0) is 15.5. The molecule has 2 aromatic rings. The highest BCUT2D eigenvalue weighted by Gasteiger charge is 2.34. The van der Waals surface area contributed by atoms with Crippen LogP contribution in [0.1, 0.15) is 23.2 Å². The van der Waals surface area contributed by atoms with Crippen LogP contribution in [0.2, 0.25) is 0 Å². The van der Waals surface area contributed by atoms with Crippen LogP contribution in [-0.2, 0) is 4.79 Å². The molecule has 1 aromatic carbocycles. The molecule has 22 heavy (non-hydrogen) atoms. The lowest BCUT2D eigenvalue weighted by atomic mass is 10.1. The van der Waals surface area contributed by atoms with Gasteiger partial charge in [0.05, 0.1) is 0 Å². The second-order valence-electron chi connectivity index (χ2n) is 4.99. The van der Waals surface area contributed by atoms with E-state index in [-0.39, 0.29) is 17.4 Å². The molecule has 5 nitrogen and oxygen atoms in total. The van der Waals surface area contributed by atoms with Crippen molar-refractivity contribution in [3.05, 3.63) is 47.2 Å². The van der Waals surface area contributed by atoms with E-state index in [1.54, 1.807) is 17.6 Å². The molecule has 1 aromatic heterocycles. The Hall–Kier alpha value is -2.28. The van der Waals surface area contributed by atoms with Crippen LogP contribution in [0.25, 0.3) is 0 Å². The lowest BCUT2D eigenvalue weighted by Gasteiger charge is -2.23. The third-order valence-electron chi connectivity index (χ3n) is 3.55. The Morgan fingerprint density at radius 3 is 3.00 bits per heavy atom. The molecule has 0 spiro atoms. The number of aromatic nitrogens is 1. The number of thiazole rings is 1. The van der Waals surface area contributed by atoms with E-state index in [1.807, 2.05) is 0 Å². The summed E-state index contributed by atoms with van der Waals surface area (Å²) in [5.74, 6) is -1.04. The standard InChI is InChI=1S/C15H14FN3O2S/c16-11-4-1-3-10(9-11)14(21)19-7-2-5-12(19)13(20)18-15-17-6-8-22-15/h1,3-4,6,8-9,12H,2,5,7H2,(H,17,18,20). The van der Waals surface area contributed by atoms with Crippen molar-refractivity contribution in [3.8, 4) is 0 Å². The lowest BCUT2D eigenvalue weighted by Crippen LogP contribution is -2.43. The Morgan fingerprint density at radius 2 is 2.27 bits per heavy atom. The molecule has 1 aliphatic heterocycles. The number of likely N-dealkylation sites (tertiary alicyclic amines) is 1. The van der Waals surface area contributed by atoms with Crippen molar-refractivity contribution in [2.45, 2.75) is 18.9 Å². The molecular weight excluding hydrogens is 305 g/mol. The van der Waals surface area contributed by atoms with Crippen molar-refractivity contribution in [2.24, 2.45) is 0 Å². The van der Waals surface area contributed by atoms with E-state index in [9.17, 15) is 14.0 Å². The van der Waals surface area contributed by atoms with Gasteiger partial charge in [-0.3, -0.25) is 9.59 Å². The number of hydrogen-bond acceptors (Lipinski definition) is 4. The Labute approximate surface area is 130 Å². The molecule has 114 valence electrons. The second-order valence-corrected chi connectivity index (χ2v) is 5.89. The van der Waals surface area contributed by atoms with Crippen LogP contribution >= 0.6 is 11.3 Å².